The Labute approximate surface area is 378 Å². The van der Waals surface area contributed by atoms with Crippen molar-refractivity contribution in [2.75, 3.05) is 52.7 Å². The summed E-state index contributed by atoms with van der Waals surface area (Å²) in [6.07, 6.45) is -30.6. The number of aliphatic hydroxyl groups is 13. The van der Waals surface area contributed by atoms with Crippen LogP contribution in [0.5, 0.6) is 0 Å². The van der Waals surface area contributed by atoms with Crippen molar-refractivity contribution < 1.29 is 124 Å². The molecule has 0 aromatic rings. The second kappa shape index (κ2) is 25.5. The lowest BCUT2D eigenvalue weighted by atomic mass is 9.95. The van der Waals surface area contributed by atoms with Crippen LogP contribution >= 0.6 is 0 Å². The molecule has 66 heavy (non-hydrogen) atoms. The zero-order chi connectivity index (χ0) is 48.4. The molecule has 5 heterocycles. The van der Waals surface area contributed by atoms with Crippen LogP contribution in [0.3, 0.4) is 0 Å². The van der Waals surface area contributed by atoms with E-state index >= 15 is 0 Å². The molecule has 2 amide bonds. The zero-order valence-electron chi connectivity index (χ0n) is 36.3. The van der Waals surface area contributed by atoms with E-state index in [0.717, 1.165) is 0 Å². The van der Waals surface area contributed by atoms with E-state index < -0.39 is 154 Å². The molecule has 5 aliphatic rings. The van der Waals surface area contributed by atoms with Gasteiger partial charge in [0.2, 0.25) is 0 Å². The molecule has 382 valence electrons. The number of ether oxygens (including phenoxy) is 8. The quantitative estimate of drug-likeness (QED) is 0.0334. The van der Waals surface area contributed by atoms with Gasteiger partial charge in [-0.1, -0.05) is 6.42 Å². The van der Waals surface area contributed by atoms with Gasteiger partial charge in [-0.2, -0.15) is 0 Å². The topological polar surface area (TPSA) is 404 Å². The first kappa shape index (κ1) is 54.7. The average Bonchev–Trinajstić information content (AvgIpc) is 3.61. The Morgan fingerprint density at radius 1 is 0.561 bits per heavy atom. The Morgan fingerprint density at radius 3 is 1.62 bits per heavy atom. The smallest absolute Gasteiger partial charge is 0.333 e. The molecule has 13 N–H and O–H groups in total. The van der Waals surface area contributed by atoms with Crippen molar-refractivity contribution in [3.63, 3.8) is 0 Å². The van der Waals surface area contributed by atoms with Crippen LogP contribution < -0.4 is 0 Å². The van der Waals surface area contributed by atoms with Crippen molar-refractivity contribution in [1.82, 2.24) is 9.96 Å². The maximum absolute atomic E-state index is 12.3. The van der Waals surface area contributed by atoms with Crippen LogP contribution in [0.15, 0.2) is 0 Å². The van der Waals surface area contributed by atoms with Gasteiger partial charge in [0, 0.05) is 32.4 Å². The third-order valence-corrected chi connectivity index (χ3v) is 12.1. The number of unbranched alkanes of at least 4 members (excludes halogenated alkanes) is 2. The third kappa shape index (κ3) is 13.7. The van der Waals surface area contributed by atoms with Crippen LogP contribution in [-0.2, 0) is 57.1 Å². The Bertz CT molecular complexity index is 1500. The van der Waals surface area contributed by atoms with Gasteiger partial charge in [0.1, 0.15) is 85.5 Å². The van der Waals surface area contributed by atoms with Crippen LogP contribution in [0.2, 0.25) is 0 Å². The monoisotopic (exact) mass is 962 g/mol. The molecule has 5 saturated heterocycles. The van der Waals surface area contributed by atoms with Crippen molar-refractivity contribution >= 4 is 17.8 Å². The number of rotatable bonds is 23. The van der Waals surface area contributed by atoms with Crippen molar-refractivity contribution in [3.8, 4) is 0 Å². The van der Waals surface area contributed by atoms with Crippen molar-refractivity contribution in [1.29, 1.82) is 0 Å². The van der Waals surface area contributed by atoms with Gasteiger partial charge in [-0.25, -0.2) is 4.79 Å². The molecule has 0 aromatic heterocycles. The van der Waals surface area contributed by atoms with E-state index in [1.54, 1.807) is 0 Å². The Morgan fingerprint density at radius 2 is 1.05 bits per heavy atom. The second-order valence-electron chi connectivity index (χ2n) is 16.8. The molecule has 27 nitrogen and oxygen atoms in total. The Hall–Kier alpha value is -2.27. The van der Waals surface area contributed by atoms with Crippen LogP contribution in [0.4, 0.5) is 0 Å². The molecule has 5 fully saturated rings. The number of nitrogens with zero attached hydrogens (tertiary/aromatic N) is 2. The molecule has 0 aromatic carbocycles. The number of carbonyl (C=O) groups excluding carboxylic acids is 3. The highest BCUT2D eigenvalue weighted by Crippen LogP contribution is 2.32. The van der Waals surface area contributed by atoms with Gasteiger partial charge < -0.3 is 109 Å². The Balaban J connectivity index is 1.22. The van der Waals surface area contributed by atoms with Gasteiger partial charge in [-0.3, -0.25) is 14.5 Å². The highest BCUT2D eigenvalue weighted by Gasteiger charge is 2.52. The molecule has 27 heteroatoms. The predicted molar refractivity (Wildman–Crippen MR) is 210 cm³/mol. The summed E-state index contributed by atoms with van der Waals surface area (Å²) >= 11 is 0. The summed E-state index contributed by atoms with van der Waals surface area (Å²) in [6.45, 7) is -0.0269. The largest absolute Gasteiger partial charge is 0.394 e. The molecule has 0 unspecified atom stereocenters. The normalized spacial score (nSPS) is 41.2. The standard InChI is InChI=1S/C39H66N2O25/c1-17-24(47)28(51)31(54)36(61-17)59-13-10-40(9-4-2-3-5-23(46)66-41-21(44)6-7-22(41)45)11-14-60-38-34(57)35(65-39-33(56)30(53)26(49)20(16-43)64-39)27(50)18(62-38)8-12-58-37-32(55)29(52)25(48)19(15-42)63-37/h17-20,24-39,42-43,47-57H,2-16H2,1H3/t17-,18+,19+,20+,24+,25+,26+,27+,28+,29-,30-,31-,32-,33-,34-,35-,36+,37-,38-,39+/m0/s1. The Kier molecular flexibility index (Phi) is 21.2. The van der Waals surface area contributed by atoms with E-state index in [1.165, 1.54) is 6.92 Å². The number of hydrogen-bond acceptors (Lipinski definition) is 26. The number of hydrogen-bond donors (Lipinski definition) is 13. The fourth-order valence-corrected chi connectivity index (χ4v) is 7.95. The van der Waals surface area contributed by atoms with Crippen molar-refractivity contribution in [3.05, 3.63) is 0 Å². The third-order valence-electron chi connectivity index (χ3n) is 12.1. The fraction of sp³-hybridized carbons (Fsp3) is 0.923. The number of hydroxylamine groups is 2. The molecule has 20 atom stereocenters. The minimum absolute atomic E-state index is 0.0445. The molecule has 0 bridgehead atoms. The number of carbonyl (C=O) groups is 3. The molecule has 0 aliphatic carbocycles. The first-order chi connectivity index (χ1) is 31.4. The van der Waals surface area contributed by atoms with Gasteiger partial charge >= 0.3 is 5.97 Å². The predicted octanol–water partition coefficient (Wildman–Crippen LogP) is -7.84. The molecule has 0 spiro atoms. The lowest BCUT2D eigenvalue weighted by molar-refractivity contribution is -0.360. The SMILES string of the molecule is C[C@@H]1O[C@@H](OCCN(CCCCCC(=O)ON2C(=O)CCC2=O)CCO[C@H]2O[C@H](CCO[C@H]3O[C@H](CO)[C@@H](O)[C@H](O)[C@@H]3O)[C@@H](O)[C@H](O[C@H]3O[C@H](CO)[C@@H](O)[C@H](O)[C@@H]3O)[C@@H]2O)[C@@H](O)[C@H](O)[C@@H]1O. The molecular weight excluding hydrogens is 896 g/mol. The van der Waals surface area contributed by atoms with E-state index in [4.69, 9.17) is 42.7 Å². The lowest BCUT2D eigenvalue weighted by Crippen LogP contribution is -2.64. The van der Waals surface area contributed by atoms with E-state index in [2.05, 4.69) is 0 Å². The number of amides is 2. The first-order valence-electron chi connectivity index (χ1n) is 22.0. The van der Waals surface area contributed by atoms with E-state index in [9.17, 15) is 80.8 Å². The van der Waals surface area contributed by atoms with Gasteiger partial charge in [0.25, 0.3) is 11.8 Å². The summed E-state index contributed by atoms with van der Waals surface area (Å²) < 4.78 is 45.3. The second-order valence-corrected chi connectivity index (χ2v) is 16.8. The first-order valence-corrected chi connectivity index (χ1v) is 22.0. The highest BCUT2D eigenvalue weighted by molar-refractivity contribution is 6.01. The molecule has 5 aliphatic heterocycles. The zero-order valence-corrected chi connectivity index (χ0v) is 36.3. The summed E-state index contributed by atoms with van der Waals surface area (Å²) in [5.41, 5.74) is 0. The van der Waals surface area contributed by atoms with Crippen LogP contribution in [0.25, 0.3) is 0 Å². The number of imide groups is 1. The van der Waals surface area contributed by atoms with E-state index in [1.807, 2.05) is 4.90 Å². The van der Waals surface area contributed by atoms with E-state index in [-0.39, 0.29) is 58.6 Å². The average molecular weight is 963 g/mol. The van der Waals surface area contributed by atoms with Crippen molar-refractivity contribution in [2.45, 2.75) is 175 Å². The molecule has 0 saturated carbocycles. The molecule has 5 rings (SSSR count). The van der Waals surface area contributed by atoms with E-state index in [0.29, 0.717) is 30.9 Å². The van der Waals surface area contributed by atoms with Crippen LogP contribution in [0, 0.1) is 0 Å². The summed E-state index contributed by atoms with van der Waals surface area (Å²) in [6, 6.07) is 0. The lowest BCUT2D eigenvalue weighted by Gasteiger charge is -2.46. The summed E-state index contributed by atoms with van der Waals surface area (Å²) in [5.74, 6) is -1.96. The minimum Gasteiger partial charge on any atom is -0.394 e. The van der Waals surface area contributed by atoms with Gasteiger partial charge in [-0.15, -0.1) is 5.06 Å². The maximum atomic E-state index is 12.3. The molecule has 0 radical (unpaired) electrons. The van der Waals surface area contributed by atoms with Gasteiger partial charge in [0.05, 0.1) is 45.2 Å². The van der Waals surface area contributed by atoms with Crippen LogP contribution in [0.1, 0.15) is 51.9 Å². The summed E-state index contributed by atoms with van der Waals surface area (Å²) in [4.78, 5) is 42.6. The van der Waals surface area contributed by atoms with Gasteiger partial charge in [-0.05, 0) is 32.7 Å². The fourth-order valence-electron chi connectivity index (χ4n) is 7.95. The van der Waals surface area contributed by atoms with Crippen molar-refractivity contribution in [2.24, 2.45) is 0 Å². The highest BCUT2D eigenvalue weighted by atomic mass is 16.7. The van der Waals surface area contributed by atoms with Gasteiger partial charge in [0.15, 0.2) is 25.2 Å². The number of aliphatic hydroxyl groups excluding tert-OH is 13. The maximum Gasteiger partial charge on any atom is 0.333 e. The minimum atomic E-state index is -1.92. The summed E-state index contributed by atoms with van der Waals surface area (Å²) in [5, 5.41) is 135. The molecular formula is C39H66N2O25. The van der Waals surface area contributed by atoms with Crippen LogP contribution in [-0.4, -0.2) is 270 Å². The summed E-state index contributed by atoms with van der Waals surface area (Å²) in [7, 11) is 0.